The standard InChI is InChI=1S/C11H10N2O2/c14-10(9-4-2-1-3-5-9)8-15-11-6-7-12-13-11/h1-7H,8H2,(H,12,13). The third kappa shape index (κ3) is 2.43. The lowest BCUT2D eigenvalue weighted by atomic mass is 10.1. The number of carbonyl (C=O) groups excluding carboxylic acids is 1. The summed E-state index contributed by atoms with van der Waals surface area (Å²) in [5.74, 6) is 0.449. The molecular formula is C11H10N2O2. The van der Waals surface area contributed by atoms with E-state index in [2.05, 4.69) is 10.2 Å². The van der Waals surface area contributed by atoms with Gasteiger partial charge in [0, 0.05) is 11.6 Å². The summed E-state index contributed by atoms with van der Waals surface area (Å²) < 4.78 is 5.19. The molecular weight excluding hydrogens is 192 g/mol. The van der Waals surface area contributed by atoms with Crippen molar-refractivity contribution >= 4 is 5.78 Å². The van der Waals surface area contributed by atoms with Gasteiger partial charge in [-0.3, -0.25) is 4.79 Å². The molecule has 1 N–H and O–H groups in total. The Bertz CT molecular complexity index is 423. The highest BCUT2D eigenvalue weighted by Gasteiger charge is 2.05. The van der Waals surface area contributed by atoms with Crippen LogP contribution in [-0.2, 0) is 0 Å². The van der Waals surface area contributed by atoms with E-state index in [-0.39, 0.29) is 12.4 Å². The molecule has 4 nitrogen and oxygen atoms in total. The largest absolute Gasteiger partial charge is 0.470 e. The number of ether oxygens (including phenoxy) is 1. The molecule has 0 atom stereocenters. The Kier molecular flexibility index (Phi) is 2.78. The van der Waals surface area contributed by atoms with E-state index in [1.54, 1.807) is 24.4 Å². The van der Waals surface area contributed by atoms with Gasteiger partial charge >= 0.3 is 0 Å². The first-order chi connectivity index (χ1) is 7.36. The zero-order valence-electron chi connectivity index (χ0n) is 8.01. The van der Waals surface area contributed by atoms with E-state index in [0.717, 1.165) is 0 Å². The smallest absolute Gasteiger partial charge is 0.209 e. The van der Waals surface area contributed by atoms with Crippen LogP contribution in [0.3, 0.4) is 0 Å². The van der Waals surface area contributed by atoms with Gasteiger partial charge in [0.2, 0.25) is 5.88 Å². The molecule has 1 heterocycles. The minimum Gasteiger partial charge on any atom is -0.470 e. The second-order valence-electron chi connectivity index (χ2n) is 3.00. The average molecular weight is 202 g/mol. The molecule has 2 rings (SSSR count). The first-order valence-electron chi connectivity index (χ1n) is 4.56. The van der Waals surface area contributed by atoms with Crippen LogP contribution in [0.15, 0.2) is 42.6 Å². The Hall–Kier alpha value is -2.10. The van der Waals surface area contributed by atoms with E-state index >= 15 is 0 Å². The zero-order chi connectivity index (χ0) is 10.5. The first-order valence-corrected chi connectivity index (χ1v) is 4.56. The van der Waals surface area contributed by atoms with Crippen LogP contribution in [0.5, 0.6) is 5.88 Å². The van der Waals surface area contributed by atoms with Crippen LogP contribution in [-0.4, -0.2) is 22.6 Å². The van der Waals surface area contributed by atoms with Crippen molar-refractivity contribution in [2.45, 2.75) is 0 Å². The second-order valence-corrected chi connectivity index (χ2v) is 3.00. The summed E-state index contributed by atoms with van der Waals surface area (Å²) in [5.41, 5.74) is 0.650. The highest BCUT2D eigenvalue weighted by Crippen LogP contribution is 2.04. The number of carbonyl (C=O) groups is 1. The fourth-order valence-electron chi connectivity index (χ4n) is 1.17. The molecule has 1 aromatic carbocycles. The maximum absolute atomic E-state index is 11.6. The third-order valence-corrected chi connectivity index (χ3v) is 1.93. The molecule has 1 aromatic heterocycles. The summed E-state index contributed by atoms with van der Waals surface area (Å²) in [7, 11) is 0. The van der Waals surface area contributed by atoms with Gasteiger partial charge in [-0.1, -0.05) is 30.3 Å². The topological polar surface area (TPSA) is 55.0 Å². The molecule has 0 aliphatic carbocycles. The minimum atomic E-state index is -0.0507. The lowest BCUT2D eigenvalue weighted by Gasteiger charge is -2.01. The number of rotatable bonds is 4. The average Bonchev–Trinajstić information content (AvgIpc) is 2.80. The van der Waals surface area contributed by atoms with E-state index in [0.29, 0.717) is 11.4 Å². The number of hydrogen-bond donors (Lipinski definition) is 1. The van der Waals surface area contributed by atoms with Gasteiger partial charge in [0.05, 0.1) is 6.20 Å². The van der Waals surface area contributed by atoms with Crippen molar-refractivity contribution in [3.63, 3.8) is 0 Å². The molecule has 0 amide bonds. The summed E-state index contributed by atoms with van der Waals surface area (Å²) in [5, 5.41) is 6.33. The van der Waals surface area contributed by atoms with Crippen LogP contribution in [0.4, 0.5) is 0 Å². The van der Waals surface area contributed by atoms with Crippen molar-refractivity contribution in [3.8, 4) is 5.88 Å². The Morgan fingerprint density at radius 3 is 2.73 bits per heavy atom. The van der Waals surface area contributed by atoms with Crippen LogP contribution < -0.4 is 4.74 Å². The molecule has 4 heteroatoms. The molecule has 0 radical (unpaired) electrons. The van der Waals surface area contributed by atoms with Gasteiger partial charge in [-0.15, -0.1) is 0 Å². The van der Waals surface area contributed by atoms with Gasteiger partial charge in [-0.25, -0.2) is 5.10 Å². The number of aromatic amines is 1. The quantitative estimate of drug-likeness (QED) is 0.767. The Balaban J connectivity index is 1.94. The van der Waals surface area contributed by atoms with Crippen LogP contribution in [0, 0.1) is 0 Å². The molecule has 0 aliphatic rings. The monoisotopic (exact) mass is 202 g/mol. The van der Waals surface area contributed by atoms with Gasteiger partial charge < -0.3 is 4.74 Å². The van der Waals surface area contributed by atoms with Crippen molar-refractivity contribution in [2.75, 3.05) is 6.61 Å². The van der Waals surface area contributed by atoms with E-state index < -0.39 is 0 Å². The van der Waals surface area contributed by atoms with Crippen molar-refractivity contribution < 1.29 is 9.53 Å². The van der Waals surface area contributed by atoms with Crippen molar-refractivity contribution in [3.05, 3.63) is 48.2 Å². The Labute approximate surface area is 86.9 Å². The van der Waals surface area contributed by atoms with Gasteiger partial charge in [-0.2, -0.15) is 5.10 Å². The maximum Gasteiger partial charge on any atom is 0.209 e. The maximum atomic E-state index is 11.6. The fourth-order valence-corrected chi connectivity index (χ4v) is 1.17. The van der Waals surface area contributed by atoms with E-state index in [9.17, 15) is 4.79 Å². The van der Waals surface area contributed by atoms with Crippen LogP contribution >= 0.6 is 0 Å². The Morgan fingerprint density at radius 2 is 2.07 bits per heavy atom. The molecule has 0 saturated carbocycles. The van der Waals surface area contributed by atoms with Crippen molar-refractivity contribution in [2.24, 2.45) is 0 Å². The molecule has 0 saturated heterocycles. The normalized spacial score (nSPS) is 9.87. The van der Waals surface area contributed by atoms with Crippen LogP contribution in [0.25, 0.3) is 0 Å². The number of hydrogen-bond acceptors (Lipinski definition) is 3. The predicted octanol–water partition coefficient (Wildman–Crippen LogP) is 1.67. The predicted molar refractivity (Wildman–Crippen MR) is 54.9 cm³/mol. The van der Waals surface area contributed by atoms with Gasteiger partial charge in [0.25, 0.3) is 0 Å². The van der Waals surface area contributed by atoms with Crippen LogP contribution in [0.2, 0.25) is 0 Å². The van der Waals surface area contributed by atoms with E-state index in [4.69, 9.17) is 4.74 Å². The molecule has 0 fully saturated rings. The number of nitrogens with zero attached hydrogens (tertiary/aromatic N) is 1. The third-order valence-electron chi connectivity index (χ3n) is 1.93. The van der Waals surface area contributed by atoms with Gasteiger partial charge in [0.1, 0.15) is 0 Å². The SMILES string of the molecule is O=C(COc1ccn[nH]1)c1ccccc1. The molecule has 0 bridgehead atoms. The van der Waals surface area contributed by atoms with Crippen LogP contribution in [0.1, 0.15) is 10.4 Å². The van der Waals surface area contributed by atoms with Gasteiger partial charge in [0.15, 0.2) is 12.4 Å². The number of Topliss-reactive ketones (excluding diaryl/α,β-unsaturated/α-hetero) is 1. The zero-order valence-corrected chi connectivity index (χ0v) is 8.01. The second kappa shape index (κ2) is 4.41. The summed E-state index contributed by atoms with van der Waals surface area (Å²) in [6, 6.07) is 10.7. The molecule has 76 valence electrons. The number of benzene rings is 1. The van der Waals surface area contributed by atoms with Crippen molar-refractivity contribution in [1.29, 1.82) is 0 Å². The lowest BCUT2D eigenvalue weighted by Crippen LogP contribution is -2.11. The van der Waals surface area contributed by atoms with E-state index in [1.165, 1.54) is 0 Å². The summed E-state index contributed by atoms with van der Waals surface area (Å²) in [6.45, 7) is 0.0200. The van der Waals surface area contributed by atoms with E-state index in [1.807, 2.05) is 18.2 Å². The molecule has 0 aliphatic heterocycles. The molecule has 0 unspecified atom stereocenters. The summed E-state index contributed by atoms with van der Waals surface area (Å²) >= 11 is 0. The molecule has 0 spiro atoms. The highest BCUT2D eigenvalue weighted by molar-refractivity contribution is 5.97. The first kappa shape index (κ1) is 9.45. The van der Waals surface area contributed by atoms with Crippen molar-refractivity contribution in [1.82, 2.24) is 10.2 Å². The number of nitrogens with one attached hydrogen (secondary N) is 1. The number of H-pyrrole nitrogens is 1. The number of aromatic nitrogens is 2. The number of ketones is 1. The molecule has 15 heavy (non-hydrogen) atoms. The summed E-state index contributed by atoms with van der Waals surface area (Å²) in [6.07, 6.45) is 1.57. The summed E-state index contributed by atoms with van der Waals surface area (Å²) in [4.78, 5) is 11.6. The highest BCUT2D eigenvalue weighted by atomic mass is 16.5. The Morgan fingerprint density at radius 1 is 1.27 bits per heavy atom. The molecule has 2 aromatic rings. The lowest BCUT2D eigenvalue weighted by molar-refractivity contribution is 0.0918. The minimum absolute atomic E-state index is 0.0200. The van der Waals surface area contributed by atoms with Gasteiger partial charge in [-0.05, 0) is 0 Å². The fraction of sp³-hybridized carbons (Fsp3) is 0.0909.